The molecule has 0 saturated heterocycles. The monoisotopic (exact) mass is 246 g/mol. The van der Waals surface area contributed by atoms with Gasteiger partial charge < -0.3 is 0 Å². The van der Waals surface area contributed by atoms with Crippen LogP contribution in [0.4, 0.5) is 0 Å². The molecule has 18 heavy (non-hydrogen) atoms. The second-order valence-electron chi connectivity index (χ2n) is 6.49. The maximum atomic E-state index is 2.43. The zero-order valence-electron chi connectivity index (χ0n) is 12.7. The Balaban J connectivity index is 2.39. The molecule has 1 aromatic rings. The SMILES string of the molecule is CCCCCCC(C)(C)CC(C)c1ccccc1. The molecule has 0 aliphatic carbocycles. The number of benzene rings is 1. The predicted molar refractivity (Wildman–Crippen MR) is 82.0 cm³/mol. The van der Waals surface area contributed by atoms with Crippen LogP contribution in [0, 0.1) is 5.41 Å². The van der Waals surface area contributed by atoms with Crippen LogP contribution in [0.5, 0.6) is 0 Å². The van der Waals surface area contributed by atoms with Crippen molar-refractivity contribution in [2.24, 2.45) is 5.41 Å². The molecule has 102 valence electrons. The topological polar surface area (TPSA) is 0 Å². The van der Waals surface area contributed by atoms with Gasteiger partial charge in [-0.05, 0) is 29.7 Å². The van der Waals surface area contributed by atoms with E-state index in [2.05, 4.69) is 58.0 Å². The van der Waals surface area contributed by atoms with Crippen LogP contribution in [0.1, 0.15) is 77.7 Å². The molecule has 0 nitrogen and oxygen atoms in total. The summed E-state index contributed by atoms with van der Waals surface area (Å²) in [6.45, 7) is 9.50. The van der Waals surface area contributed by atoms with Crippen molar-refractivity contribution in [1.29, 1.82) is 0 Å². The van der Waals surface area contributed by atoms with E-state index in [1.165, 1.54) is 44.1 Å². The Morgan fingerprint density at radius 1 is 1.00 bits per heavy atom. The molecule has 0 heterocycles. The lowest BCUT2D eigenvalue weighted by atomic mass is 9.77. The Labute approximate surface area is 114 Å². The van der Waals surface area contributed by atoms with E-state index in [1.54, 1.807) is 0 Å². The highest BCUT2D eigenvalue weighted by atomic mass is 14.3. The summed E-state index contributed by atoms with van der Waals surface area (Å²) in [7, 11) is 0. The Morgan fingerprint density at radius 3 is 2.28 bits per heavy atom. The number of unbranched alkanes of at least 4 members (excludes halogenated alkanes) is 3. The van der Waals surface area contributed by atoms with E-state index in [0.717, 1.165) is 0 Å². The Morgan fingerprint density at radius 2 is 1.67 bits per heavy atom. The third kappa shape index (κ3) is 5.71. The summed E-state index contributed by atoms with van der Waals surface area (Å²) in [5, 5.41) is 0. The Bertz CT molecular complexity index is 310. The van der Waals surface area contributed by atoms with E-state index < -0.39 is 0 Å². The van der Waals surface area contributed by atoms with Gasteiger partial charge in [-0.1, -0.05) is 83.7 Å². The molecule has 1 unspecified atom stereocenters. The standard InChI is InChI=1S/C18H30/c1-5-6-7-11-14-18(3,4)15-16(2)17-12-9-8-10-13-17/h8-10,12-13,16H,5-7,11,14-15H2,1-4H3. The van der Waals surface area contributed by atoms with Gasteiger partial charge in [-0.2, -0.15) is 0 Å². The minimum Gasteiger partial charge on any atom is -0.0654 e. The lowest BCUT2D eigenvalue weighted by molar-refractivity contribution is 0.275. The van der Waals surface area contributed by atoms with E-state index in [-0.39, 0.29) is 0 Å². The highest BCUT2D eigenvalue weighted by Gasteiger charge is 2.21. The van der Waals surface area contributed by atoms with Crippen molar-refractivity contribution < 1.29 is 0 Å². The molecule has 0 spiro atoms. The van der Waals surface area contributed by atoms with E-state index >= 15 is 0 Å². The summed E-state index contributed by atoms with van der Waals surface area (Å²) in [5.41, 5.74) is 1.96. The zero-order valence-corrected chi connectivity index (χ0v) is 12.7. The molecule has 0 radical (unpaired) electrons. The van der Waals surface area contributed by atoms with Crippen molar-refractivity contribution in [2.75, 3.05) is 0 Å². The van der Waals surface area contributed by atoms with Gasteiger partial charge >= 0.3 is 0 Å². The molecule has 0 bridgehead atoms. The summed E-state index contributed by atoms with van der Waals surface area (Å²) in [4.78, 5) is 0. The van der Waals surface area contributed by atoms with Gasteiger partial charge in [0.15, 0.2) is 0 Å². The maximum absolute atomic E-state index is 2.43. The second kappa shape index (κ2) is 7.61. The van der Waals surface area contributed by atoms with Gasteiger partial charge in [0.2, 0.25) is 0 Å². The van der Waals surface area contributed by atoms with E-state index in [1.807, 2.05) is 0 Å². The van der Waals surface area contributed by atoms with Crippen molar-refractivity contribution in [3.05, 3.63) is 35.9 Å². The van der Waals surface area contributed by atoms with Gasteiger partial charge in [0, 0.05) is 0 Å². The highest BCUT2D eigenvalue weighted by molar-refractivity contribution is 5.18. The highest BCUT2D eigenvalue weighted by Crippen LogP contribution is 2.35. The van der Waals surface area contributed by atoms with Crippen LogP contribution in [0.15, 0.2) is 30.3 Å². The van der Waals surface area contributed by atoms with Gasteiger partial charge in [0.05, 0.1) is 0 Å². The first-order valence-electron chi connectivity index (χ1n) is 7.60. The maximum Gasteiger partial charge on any atom is -0.0185 e. The van der Waals surface area contributed by atoms with Gasteiger partial charge in [-0.25, -0.2) is 0 Å². The van der Waals surface area contributed by atoms with E-state index in [0.29, 0.717) is 11.3 Å². The molecule has 1 atom stereocenters. The minimum absolute atomic E-state index is 0.475. The van der Waals surface area contributed by atoms with Gasteiger partial charge in [0.1, 0.15) is 0 Å². The van der Waals surface area contributed by atoms with Crippen molar-refractivity contribution in [3.63, 3.8) is 0 Å². The molecule has 1 rings (SSSR count). The predicted octanol–water partition coefficient (Wildman–Crippen LogP) is 6.18. The summed E-state index contributed by atoms with van der Waals surface area (Å²) >= 11 is 0. The molecule has 0 fully saturated rings. The van der Waals surface area contributed by atoms with Gasteiger partial charge in [0.25, 0.3) is 0 Å². The first kappa shape index (κ1) is 15.3. The molecule has 1 aromatic carbocycles. The number of hydrogen-bond acceptors (Lipinski definition) is 0. The first-order chi connectivity index (χ1) is 8.55. The van der Waals surface area contributed by atoms with E-state index in [4.69, 9.17) is 0 Å². The number of hydrogen-bond donors (Lipinski definition) is 0. The van der Waals surface area contributed by atoms with Crippen molar-refractivity contribution in [3.8, 4) is 0 Å². The van der Waals surface area contributed by atoms with Crippen molar-refractivity contribution in [1.82, 2.24) is 0 Å². The minimum atomic E-state index is 0.475. The smallest absolute Gasteiger partial charge is 0.0185 e. The largest absolute Gasteiger partial charge is 0.0654 e. The van der Waals surface area contributed by atoms with Crippen LogP contribution in [-0.2, 0) is 0 Å². The van der Waals surface area contributed by atoms with Crippen molar-refractivity contribution in [2.45, 2.75) is 72.1 Å². The fourth-order valence-electron chi connectivity index (χ4n) is 2.86. The normalized spacial score (nSPS) is 13.6. The molecule has 0 amide bonds. The number of rotatable bonds is 8. The van der Waals surface area contributed by atoms with Crippen LogP contribution in [0.25, 0.3) is 0 Å². The van der Waals surface area contributed by atoms with Crippen LogP contribution >= 0.6 is 0 Å². The molecule has 0 heteroatoms. The Kier molecular flexibility index (Phi) is 6.46. The summed E-state index contributed by atoms with van der Waals surface area (Å²) < 4.78 is 0. The second-order valence-corrected chi connectivity index (χ2v) is 6.49. The van der Waals surface area contributed by atoms with Gasteiger partial charge in [-0.3, -0.25) is 0 Å². The van der Waals surface area contributed by atoms with Gasteiger partial charge in [-0.15, -0.1) is 0 Å². The average Bonchev–Trinajstić information content (AvgIpc) is 2.35. The lowest BCUT2D eigenvalue weighted by Gasteiger charge is -2.28. The lowest BCUT2D eigenvalue weighted by Crippen LogP contribution is -2.14. The average molecular weight is 246 g/mol. The summed E-state index contributed by atoms with van der Waals surface area (Å²) in [6, 6.07) is 10.9. The third-order valence-corrected chi connectivity index (χ3v) is 3.93. The molecule has 0 aliphatic heterocycles. The molecular formula is C18H30. The van der Waals surface area contributed by atoms with E-state index in [9.17, 15) is 0 Å². The van der Waals surface area contributed by atoms with Crippen LogP contribution in [0.3, 0.4) is 0 Å². The van der Waals surface area contributed by atoms with Crippen molar-refractivity contribution >= 4 is 0 Å². The first-order valence-corrected chi connectivity index (χ1v) is 7.60. The van der Waals surface area contributed by atoms with Crippen LogP contribution < -0.4 is 0 Å². The zero-order chi connectivity index (χ0) is 13.4. The fraction of sp³-hybridized carbons (Fsp3) is 0.667. The molecule has 0 aromatic heterocycles. The van der Waals surface area contributed by atoms with Crippen LogP contribution in [-0.4, -0.2) is 0 Å². The molecule has 0 N–H and O–H groups in total. The summed E-state index contributed by atoms with van der Waals surface area (Å²) in [5.74, 6) is 0.673. The molecular weight excluding hydrogens is 216 g/mol. The van der Waals surface area contributed by atoms with Crippen LogP contribution in [0.2, 0.25) is 0 Å². The fourth-order valence-corrected chi connectivity index (χ4v) is 2.86. The quantitative estimate of drug-likeness (QED) is 0.481. The molecule has 0 saturated carbocycles. The third-order valence-electron chi connectivity index (χ3n) is 3.93. The summed E-state index contributed by atoms with van der Waals surface area (Å²) in [6.07, 6.45) is 8.18. The molecule has 0 aliphatic rings. The Hall–Kier alpha value is -0.780.